The summed E-state index contributed by atoms with van der Waals surface area (Å²) in [4.78, 5) is 18.3. The summed E-state index contributed by atoms with van der Waals surface area (Å²) in [6.07, 6.45) is 2.65. The standard InChI is InChI=1S/C17H22N4O3/c1-23-14-7-5-12(6-8-14)17-19-15(24-20-17)3-2-4-16(22)21-10-9-13(18)11-21/h5-8,13H,2-4,9-11,18H2,1H3/t13-/m1/s1. The van der Waals surface area contributed by atoms with E-state index in [1.165, 1.54) is 0 Å². The van der Waals surface area contributed by atoms with Gasteiger partial charge in [-0.2, -0.15) is 4.98 Å². The molecule has 0 saturated carbocycles. The lowest BCUT2D eigenvalue weighted by atomic mass is 10.2. The van der Waals surface area contributed by atoms with E-state index in [0.717, 1.165) is 24.3 Å². The molecule has 0 bridgehead atoms. The fraction of sp³-hybridized carbons (Fsp3) is 0.471. The Morgan fingerprint density at radius 2 is 2.21 bits per heavy atom. The van der Waals surface area contributed by atoms with E-state index in [-0.39, 0.29) is 11.9 Å². The number of ether oxygens (including phenoxy) is 1. The Balaban J connectivity index is 1.50. The van der Waals surface area contributed by atoms with E-state index in [9.17, 15) is 4.79 Å². The smallest absolute Gasteiger partial charge is 0.226 e. The van der Waals surface area contributed by atoms with Crippen molar-refractivity contribution in [1.82, 2.24) is 15.0 Å². The van der Waals surface area contributed by atoms with Gasteiger partial charge in [-0.1, -0.05) is 5.16 Å². The van der Waals surface area contributed by atoms with Gasteiger partial charge in [0.25, 0.3) is 0 Å². The van der Waals surface area contributed by atoms with Crippen LogP contribution >= 0.6 is 0 Å². The van der Waals surface area contributed by atoms with Crippen LogP contribution in [0.4, 0.5) is 0 Å². The molecule has 24 heavy (non-hydrogen) atoms. The molecule has 1 amide bonds. The molecule has 0 radical (unpaired) electrons. The number of rotatable bonds is 6. The van der Waals surface area contributed by atoms with Crippen LogP contribution in [0.1, 0.15) is 25.2 Å². The van der Waals surface area contributed by atoms with E-state index in [1.54, 1.807) is 7.11 Å². The first kappa shape index (κ1) is 16.4. The molecule has 0 spiro atoms. The van der Waals surface area contributed by atoms with Gasteiger partial charge in [0.15, 0.2) is 0 Å². The third-order valence-electron chi connectivity index (χ3n) is 4.17. The number of nitrogens with two attached hydrogens (primary N) is 1. The van der Waals surface area contributed by atoms with Crippen molar-refractivity contribution in [3.05, 3.63) is 30.2 Å². The van der Waals surface area contributed by atoms with E-state index in [0.29, 0.717) is 37.5 Å². The van der Waals surface area contributed by atoms with Crippen LogP contribution in [0.15, 0.2) is 28.8 Å². The molecule has 1 saturated heterocycles. The molecule has 7 nitrogen and oxygen atoms in total. The van der Waals surface area contributed by atoms with Crippen molar-refractivity contribution < 1.29 is 14.1 Å². The molecule has 1 aromatic carbocycles. The van der Waals surface area contributed by atoms with Crippen molar-refractivity contribution in [2.75, 3.05) is 20.2 Å². The Bertz CT molecular complexity index is 683. The molecule has 0 unspecified atom stereocenters. The molecule has 2 heterocycles. The first-order valence-electron chi connectivity index (χ1n) is 8.16. The Morgan fingerprint density at radius 1 is 1.42 bits per heavy atom. The van der Waals surface area contributed by atoms with Crippen LogP contribution in [-0.2, 0) is 11.2 Å². The van der Waals surface area contributed by atoms with Crippen LogP contribution in [0.25, 0.3) is 11.4 Å². The summed E-state index contributed by atoms with van der Waals surface area (Å²) in [6.45, 7) is 1.43. The Hall–Kier alpha value is -2.41. The van der Waals surface area contributed by atoms with Crippen LogP contribution < -0.4 is 10.5 Å². The van der Waals surface area contributed by atoms with Gasteiger partial charge in [-0.3, -0.25) is 4.79 Å². The minimum atomic E-state index is 0.122. The van der Waals surface area contributed by atoms with Crippen molar-refractivity contribution in [1.29, 1.82) is 0 Å². The predicted octanol–water partition coefficient (Wildman–Crippen LogP) is 1.63. The SMILES string of the molecule is COc1ccc(-c2noc(CCCC(=O)N3CC[C@@H](N)C3)n2)cc1. The largest absolute Gasteiger partial charge is 0.497 e. The van der Waals surface area contributed by atoms with E-state index in [4.69, 9.17) is 15.0 Å². The summed E-state index contributed by atoms with van der Waals surface area (Å²) in [6, 6.07) is 7.59. The number of methoxy groups -OCH3 is 1. The molecule has 0 aliphatic carbocycles. The molecule has 1 atom stereocenters. The molecule has 1 aliphatic heterocycles. The Labute approximate surface area is 140 Å². The topological polar surface area (TPSA) is 94.5 Å². The molecule has 2 aromatic rings. The minimum Gasteiger partial charge on any atom is -0.497 e. The lowest BCUT2D eigenvalue weighted by Crippen LogP contribution is -2.31. The molecular formula is C17H22N4O3. The summed E-state index contributed by atoms with van der Waals surface area (Å²) in [5.74, 6) is 2.02. The summed E-state index contributed by atoms with van der Waals surface area (Å²) in [5.41, 5.74) is 6.69. The maximum Gasteiger partial charge on any atom is 0.226 e. The molecule has 1 fully saturated rings. The molecule has 1 aromatic heterocycles. The van der Waals surface area contributed by atoms with Crippen molar-refractivity contribution in [2.45, 2.75) is 31.7 Å². The second kappa shape index (κ2) is 7.44. The van der Waals surface area contributed by atoms with Crippen LogP contribution in [0.3, 0.4) is 0 Å². The van der Waals surface area contributed by atoms with Crippen LogP contribution in [-0.4, -0.2) is 47.2 Å². The Morgan fingerprint density at radius 3 is 2.88 bits per heavy atom. The molecule has 128 valence electrons. The van der Waals surface area contributed by atoms with Gasteiger partial charge in [0.1, 0.15) is 5.75 Å². The van der Waals surface area contributed by atoms with Crippen LogP contribution in [0, 0.1) is 0 Å². The van der Waals surface area contributed by atoms with Crippen molar-refractivity contribution in [2.24, 2.45) is 5.73 Å². The van der Waals surface area contributed by atoms with E-state index < -0.39 is 0 Å². The zero-order valence-corrected chi connectivity index (χ0v) is 13.8. The van der Waals surface area contributed by atoms with Crippen molar-refractivity contribution >= 4 is 5.91 Å². The molecule has 7 heteroatoms. The van der Waals surface area contributed by atoms with Gasteiger partial charge in [0, 0.05) is 37.5 Å². The monoisotopic (exact) mass is 330 g/mol. The first-order valence-corrected chi connectivity index (χ1v) is 8.16. The summed E-state index contributed by atoms with van der Waals surface area (Å²) in [7, 11) is 1.62. The quantitative estimate of drug-likeness (QED) is 0.865. The number of nitrogens with zero attached hydrogens (tertiary/aromatic N) is 3. The summed E-state index contributed by atoms with van der Waals surface area (Å²) < 4.78 is 10.4. The Kier molecular flexibility index (Phi) is 5.10. The summed E-state index contributed by atoms with van der Waals surface area (Å²) in [5, 5.41) is 3.99. The van der Waals surface area contributed by atoms with Crippen LogP contribution in [0.5, 0.6) is 5.75 Å². The fourth-order valence-corrected chi connectivity index (χ4v) is 2.78. The normalized spacial score (nSPS) is 17.2. The molecule has 2 N–H and O–H groups in total. The van der Waals surface area contributed by atoms with Crippen LogP contribution in [0.2, 0.25) is 0 Å². The number of benzene rings is 1. The molecule has 1 aliphatic rings. The van der Waals surface area contributed by atoms with Gasteiger partial charge in [-0.05, 0) is 37.1 Å². The molecular weight excluding hydrogens is 308 g/mol. The average Bonchev–Trinajstić information content (AvgIpc) is 3.24. The zero-order chi connectivity index (χ0) is 16.9. The fourth-order valence-electron chi connectivity index (χ4n) is 2.78. The first-order chi connectivity index (χ1) is 11.7. The number of hydrogen-bond acceptors (Lipinski definition) is 6. The number of aromatic nitrogens is 2. The lowest BCUT2D eigenvalue weighted by molar-refractivity contribution is -0.130. The highest BCUT2D eigenvalue weighted by atomic mass is 16.5. The van der Waals surface area contributed by atoms with E-state index in [2.05, 4.69) is 10.1 Å². The second-order valence-corrected chi connectivity index (χ2v) is 5.98. The predicted molar refractivity (Wildman–Crippen MR) is 88.4 cm³/mol. The van der Waals surface area contributed by atoms with Gasteiger partial charge < -0.3 is 19.9 Å². The zero-order valence-electron chi connectivity index (χ0n) is 13.8. The number of carbonyl (C=O) groups excluding carboxylic acids is 1. The maximum absolute atomic E-state index is 12.1. The second-order valence-electron chi connectivity index (χ2n) is 5.98. The van der Waals surface area contributed by atoms with E-state index >= 15 is 0 Å². The highest BCUT2D eigenvalue weighted by Gasteiger charge is 2.23. The number of hydrogen-bond donors (Lipinski definition) is 1. The van der Waals surface area contributed by atoms with Gasteiger partial charge in [0.2, 0.25) is 17.6 Å². The third-order valence-corrected chi connectivity index (χ3v) is 4.17. The number of aryl methyl sites for hydroxylation is 1. The highest BCUT2D eigenvalue weighted by molar-refractivity contribution is 5.76. The van der Waals surface area contributed by atoms with E-state index in [1.807, 2.05) is 29.2 Å². The minimum absolute atomic E-state index is 0.122. The van der Waals surface area contributed by atoms with Gasteiger partial charge in [-0.25, -0.2) is 0 Å². The highest BCUT2D eigenvalue weighted by Crippen LogP contribution is 2.20. The van der Waals surface area contributed by atoms with Gasteiger partial charge in [-0.15, -0.1) is 0 Å². The van der Waals surface area contributed by atoms with Gasteiger partial charge >= 0.3 is 0 Å². The number of carbonyl (C=O) groups is 1. The third kappa shape index (κ3) is 3.91. The number of amides is 1. The average molecular weight is 330 g/mol. The van der Waals surface area contributed by atoms with Crippen molar-refractivity contribution in [3.8, 4) is 17.1 Å². The number of likely N-dealkylation sites (tertiary alicyclic amines) is 1. The van der Waals surface area contributed by atoms with Gasteiger partial charge in [0.05, 0.1) is 7.11 Å². The summed E-state index contributed by atoms with van der Waals surface area (Å²) >= 11 is 0. The molecule has 3 rings (SSSR count). The lowest BCUT2D eigenvalue weighted by Gasteiger charge is -2.15. The van der Waals surface area contributed by atoms with Crippen molar-refractivity contribution in [3.63, 3.8) is 0 Å². The maximum atomic E-state index is 12.1.